The molecule has 6 heteroatoms. The van der Waals surface area contributed by atoms with E-state index in [1.54, 1.807) is 0 Å². The third kappa shape index (κ3) is 7.53. The monoisotopic (exact) mass is 458 g/mol. The molecule has 2 aromatic rings. The lowest BCUT2D eigenvalue weighted by Crippen LogP contribution is -2.40. The molecule has 0 saturated carbocycles. The van der Waals surface area contributed by atoms with Crippen LogP contribution in [-0.2, 0) is 6.42 Å². The zero-order chi connectivity index (χ0) is 16.3. The van der Waals surface area contributed by atoms with Crippen LogP contribution in [0.1, 0.15) is 11.3 Å². The Morgan fingerprint density at radius 3 is 2.58 bits per heavy atom. The Morgan fingerprint density at radius 2 is 1.92 bits per heavy atom. The average molecular weight is 458 g/mol. The van der Waals surface area contributed by atoms with Gasteiger partial charge in [-0.2, -0.15) is 0 Å². The molecular weight excluding hydrogens is 431 g/mol. The molecular formula is C18H27IN4S. The molecule has 0 saturated heterocycles. The highest BCUT2D eigenvalue weighted by atomic mass is 127. The SMILES string of the molecule is CN=C(NCCCNc1ccccc1)N(C)CCc1cccs1.I. The van der Waals surface area contributed by atoms with Crippen molar-refractivity contribution in [2.45, 2.75) is 12.8 Å². The molecule has 2 rings (SSSR count). The van der Waals surface area contributed by atoms with Gasteiger partial charge in [0.1, 0.15) is 0 Å². The summed E-state index contributed by atoms with van der Waals surface area (Å²) in [6.45, 7) is 2.84. The van der Waals surface area contributed by atoms with Crippen LogP contribution in [0, 0.1) is 0 Å². The second-order valence-corrected chi connectivity index (χ2v) is 6.40. The summed E-state index contributed by atoms with van der Waals surface area (Å²) in [5.74, 6) is 0.960. The summed E-state index contributed by atoms with van der Waals surface area (Å²) in [5.41, 5.74) is 1.17. The first-order valence-corrected chi connectivity index (χ1v) is 8.90. The molecule has 0 aliphatic carbocycles. The van der Waals surface area contributed by atoms with E-state index in [0.29, 0.717) is 0 Å². The van der Waals surface area contributed by atoms with Gasteiger partial charge in [-0.15, -0.1) is 35.3 Å². The van der Waals surface area contributed by atoms with Crippen LogP contribution in [0.25, 0.3) is 0 Å². The van der Waals surface area contributed by atoms with Gasteiger partial charge in [-0.25, -0.2) is 0 Å². The topological polar surface area (TPSA) is 39.7 Å². The largest absolute Gasteiger partial charge is 0.385 e. The normalized spacial score (nSPS) is 10.8. The van der Waals surface area contributed by atoms with E-state index in [-0.39, 0.29) is 24.0 Å². The van der Waals surface area contributed by atoms with E-state index in [2.05, 4.69) is 57.2 Å². The molecule has 0 amide bonds. The van der Waals surface area contributed by atoms with Gasteiger partial charge in [0.2, 0.25) is 0 Å². The minimum Gasteiger partial charge on any atom is -0.385 e. The summed E-state index contributed by atoms with van der Waals surface area (Å²) in [5, 5.41) is 8.97. The Hall–Kier alpha value is -1.28. The molecule has 0 bridgehead atoms. The predicted molar refractivity (Wildman–Crippen MR) is 117 cm³/mol. The second kappa shape index (κ2) is 12.1. The number of thiophene rings is 1. The van der Waals surface area contributed by atoms with Gasteiger partial charge >= 0.3 is 0 Å². The smallest absolute Gasteiger partial charge is 0.193 e. The van der Waals surface area contributed by atoms with Gasteiger partial charge < -0.3 is 15.5 Å². The number of aliphatic imine (C=N–C) groups is 1. The first-order valence-electron chi connectivity index (χ1n) is 8.02. The molecule has 132 valence electrons. The standard InChI is InChI=1S/C18H26N4S.HI/c1-19-18(22(2)14-11-17-10-6-15-23-17)21-13-7-12-20-16-8-4-3-5-9-16;/h3-6,8-10,15,20H,7,11-14H2,1-2H3,(H,19,21);1H. The first kappa shape index (κ1) is 20.8. The molecule has 1 aromatic heterocycles. The number of guanidine groups is 1. The first-order chi connectivity index (χ1) is 11.3. The Kier molecular flexibility index (Phi) is 10.5. The van der Waals surface area contributed by atoms with Gasteiger partial charge in [0.15, 0.2) is 5.96 Å². The maximum atomic E-state index is 4.36. The van der Waals surface area contributed by atoms with Crippen LogP contribution >= 0.6 is 35.3 Å². The third-order valence-corrected chi connectivity index (χ3v) is 4.52. The lowest BCUT2D eigenvalue weighted by atomic mass is 10.3. The molecule has 0 spiro atoms. The average Bonchev–Trinajstić information content (AvgIpc) is 3.10. The highest BCUT2D eigenvalue weighted by Gasteiger charge is 2.05. The lowest BCUT2D eigenvalue weighted by molar-refractivity contribution is 0.486. The van der Waals surface area contributed by atoms with Gasteiger partial charge in [-0.3, -0.25) is 4.99 Å². The predicted octanol–water partition coefficient (Wildman–Crippen LogP) is 3.92. The van der Waals surface area contributed by atoms with Crippen LogP contribution in [0.15, 0.2) is 52.8 Å². The number of para-hydroxylation sites is 1. The number of rotatable bonds is 8. The van der Waals surface area contributed by atoms with Crippen LogP contribution in [-0.4, -0.2) is 44.6 Å². The fourth-order valence-corrected chi connectivity index (χ4v) is 3.00. The van der Waals surface area contributed by atoms with Crippen molar-refractivity contribution < 1.29 is 0 Å². The third-order valence-electron chi connectivity index (χ3n) is 3.59. The van der Waals surface area contributed by atoms with Crippen molar-refractivity contribution in [2.24, 2.45) is 4.99 Å². The minimum atomic E-state index is 0. The van der Waals surface area contributed by atoms with Gasteiger partial charge in [0.05, 0.1) is 0 Å². The lowest BCUT2D eigenvalue weighted by Gasteiger charge is -2.21. The summed E-state index contributed by atoms with van der Waals surface area (Å²) >= 11 is 1.81. The van der Waals surface area contributed by atoms with E-state index in [1.165, 1.54) is 10.6 Å². The van der Waals surface area contributed by atoms with Crippen molar-refractivity contribution in [3.63, 3.8) is 0 Å². The van der Waals surface area contributed by atoms with Crippen LogP contribution in [0.2, 0.25) is 0 Å². The van der Waals surface area contributed by atoms with Crippen molar-refractivity contribution >= 4 is 47.0 Å². The van der Waals surface area contributed by atoms with Crippen LogP contribution in [0.5, 0.6) is 0 Å². The molecule has 0 radical (unpaired) electrons. The fraction of sp³-hybridized carbons (Fsp3) is 0.389. The molecule has 1 aromatic carbocycles. The molecule has 1 heterocycles. The van der Waals surface area contributed by atoms with E-state index in [9.17, 15) is 0 Å². The second-order valence-electron chi connectivity index (χ2n) is 5.37. The van der Waals surface area contributed by atoms with E-state index in [1.807, 2.05) is 36.6 Å². The number of anilines is 1. The molecule has 24 heavy (non-hydrogen) atoms. The van der Waals surface area contributed by atoms with E-state index in [4.69, 9.17) is 0 Å². The molecule has 0 aliphatic heterocycles. The molecule has 0 atom stereocenters. The highest BCUT2D eigenvalue weighted by Crippen LogP contribution is 2.09. The Morgan fingerprint density at radius 1 is 1.12 bits per heavy atom. The summed E-state index contributed by atoms with van der Waals surface area (Å²) in [4.78, 5) is 7.96. The molecule has 0 fully saturated rings. The van der Waals surface area contributed by atoms with Crippen LogP contribution in [0.4, 0.5) is 5.69 Å². The number of likely N-dealkylation sites (N-methyl/N-ethyl adjacent to an activating group) is 1. The van der Waals surface area contributed by atoms with E-state index >= 15 is 0 Å². The van der Waals surface area contributed by atoms with E-state index in [0.717, 1.165) is 38.4 Å². The number of hydrogen-bond donors (Lipinski definition) is 2. The van der Waals surface area contributed by atoms with Crippen molar-refractivity contribution in [1.29, 1.82) is 0 Å². The molecule has 2 N–H and O–H groups in total. The maximum absolute atomic E-state index is 4.36. The van der Waals surface area contributed by atoms with Gasteiger partial charge in [0.25, 0.3) is 0 Å². The molecule has 0 unspecified atom stereocenters. The van der Waals surface area contributed by atoms with Crippen LogP contribution in [0.3, 0.4) is 0 Å². The van der Waals surface area contributed by atoms with Gasteiger partial charge in [-0.1, -0.05) is 24.3 Å². The summed E-state index contributed by atoms with van der Waals surface area (Å²) in [6, 6.07) is 14.6. The molecule has 4 nitrogen and oxygen atoms in total. The minimum absolute atomic E-state index is 0. The summed E-state index contributed by atoms with van der Waals surface area (Å²) in [6.07, 6.45) is 2.11. The zero-order valence-corrected chi connectivity index (χ0v) is 17.5. The highest BCUT2D eigenvalue weighted by molar-refractivity contribution is 14.0. The number of benzene rings is 1. The van der Waals surface area contributed by atoms with Crippen molar-refractivity contribution in [1.82, 2.24) is 10.2 Å². The Bertz CT molecular complexity index is 572. The van der Waals surface area contributed by atoms with E-state index < -0.39 is 0 Å². The van der Waals surface area contributed by atoms with Crippen molar-refractivity contribution in [3.05, 3.63) is 52.7 Å². The molecule has 0 aliphatic rings. The van der Waals surface area contributed by atoms with Gasteiger partial charge in [0, 0.05) is 44.3 Å². The zero-order valence-electron chi connectivity index (χ0n) is 14.4. The number of hydrogen-bond acceptors (Lipinski definition) is 3. The maximum Gasteiger partial charge on any atom is 0.193 e. The number of nitrogens with zero attached hydrogens (tertiary/aromatic N) is 2. The quantitative estimate of drug-likeness (QED) is 0.273. The summed E-state index contributed by atoms with van der Waals surface area (Å²) < 4.78 is 0. The van der Waals surface area contributed by atoms with Crippen LogP contribution < -0.4 is 10.6 Å². The van der Waals surface area contributed by atoms with Crippen molar-refractivity contribution in [2.75, 3.05) is 39.0 Å². The number of halogens is 1. The van der Waals surface area contributed by atoms with Gasteiger partial charge in [-0.05, 0) is 36.4 Å². The Labute approximate surface area is 166 Å². The van der Waals surface area contributed by atoms with Crippen molar-refractivity contribution in [3.8, 4) is 0 Å². The Balaban J connectivity index is 0.00000288. The summed E-state index contributed by atoms with van der Waals surface area (Å²) in [7, 11) is 3.93. The fourth-order valence-electron chi connectivity index (χ4n) is 2.30. The number of nitrogens with one attached hydrogen (secondary N) is 2.